The minimum Gasteiger partial charge on any atom is -0.478 e. The summed E-state index contributed by atoms with van der Waals surface area (Å²) in [5.74, 6) is -1.44. The number of para-hydroxylation sites is 1. The predicted molar refractivity (Wildman–Crippen MR) is 139 cm³/mol. The molecule has 4 aromatic rings. The number of Topliss-reactive ketones (excluding diaryl/α,β-unsaturated/α-hetero) is 1. The van der Waals surface area contributed by atoms with E-state index in [0.29, 0.717) is 5.56 Å². The quantitative estimate of drug-likeness (QED) is 0.349. The molecular formula is C31H23NO4. The highest BCUT2D eigenvalue weighted by Crippen LogP contribution is 2.46. The number of carboxylic acids is 1. The van der Waals surface area contributed by atoms with Gasteiger partial charge in [0.1, 0.15) is 6.10 Å². The van der Waals surface area contributed by atoms with Crippen molar-refractivity contribution in [3.05, 3.63) is 136 Å². The van der Waals surface area contributed by atoms with E-state index in [1.807, 2.05) is 30.3 Å². The maximum Gasteiger partial charge on any atom is 0.335 e. The fourth-order valence-electron chi connectivity index (χ4n) is 5.31. The van der Waals surface area contributed by atoms with Gasteiger partial charge in [-0.1, -0.05) is 60.7 Å². The minimum atomic E-state index is -1.10. The van der Waals surface area contributed by atoms with Crippen LogP contribution in [0.3, 0.4) is 0 Å². The number of carbonyl (C=O) groups is 2. The number of anilines is 2. The molecule has 0 saturated carbocycles. The molecule has 5 nitrogen and oxygen atoms in total. The zero-order valence-electron chi connectivity index (χ0n) is 19.3. The molecule has 6 rings (SSSR count). The second kappa shape index (κ2) is 8.63. The molecule has 2 aliphatic rings. The summed E-state index contributed by atoms with van der Waals surface area (Å²) in [4.78, 5) is 26.7. The lowest BCUT2D eigenvalue weighted by Gasteiger charge is -2.28. The number of carboxylic acid groups (broad SMARTS) is 1. The van der Waals surface area contributed by atoms with Crippen molar-refractivity contribution in [3.8, 4) is 0 Å². The van der Waals surface area contributed by atoms with Crippen molar-refractivity contribution in [1.82, 2.24) is 0 Å². The Morgan fingerprint density at radius 2 is 1.61 bits per heavy atom. The van der Waals surface area contributed by atoms with Crippen molar-refractivity contribution in [2.45, 2.75) is 18.6 Å². The molecule has 5 heteroatoms. The Morgan fingerprint density at radius 1 is 0.889 bits per heavy atom. The van der Waals surface area contributed by atoms with Gasteiger partial charge in [-0.25, -0.2) is 4.79 Å². The first-order valence-electron chi connectivity index (χ1n) is 11.8. The Labute approximate surface area is 208 Å². The average molecular weight is 474 g/mol. The van der Waals surface area contributed by atoms with Gasteiger partial charge in [-0.3, -0.25) is 4.79 Å². The van der Waals surface area contributed by atoms with Gasteiger partial charge in [-0.2, -0.15) is 0 Å². The van der Waals surface area contributed by atoms with Gasteiger partial charge in [0.15, 0.2) is 5.78 Å². The fourth-order valence-corrected chi connectivity index (χ4v) is 5.31. The molecule has 2 N–H and O–H groups in total. The van der Waals surface area contributed by atoms with Gasteiger partial charge in [0, 0.05) is 22.5 Å². The highest BCUT2D eigenvalue weighted by atomic mass is 16.4. The van der Waals surface area contributed by atoms with Crippen LogP contribution in [0.2, 0.25) is 0 Å². The van der Waals surface area contributed by atoms with Crippen molar-refractivity contribution in [1.29, 1.82) is 0 Å². The average Bonchev–Trinajstić information content (AvgIpc) is 3.40. The third kappa shape index (κ3) is 3.61. The molecule has 0 bridgehead atoms. The molecule has 1 aliphatic carbocycles. The lowest BCUT2D eigenvalue weighted by atomic mass is 10.00. The standard InChI is InChI=1S/C31H23NO4/c33-29-24-13-12-21(31(35)36)17-25(24)30(34)26(29)16-19-11-14-27-22(15-19)18-28(20-7-3-1-4-8-20)32(27)23-9-5-2-6-10-23/h1-17,28-29,33H,18H2,(H,35,36)/b26-16-. The Bertz CT molecular complexity index is 1530. The maximum atomic E-state index is 13.1. The van der Waals surface area contributed by atoms with Gasteiger partial charge in [-0.15, -0.1) is 0 Å². The van der Waals surface area contributed by atoms with E-state index in [0.717, 1.165) is 28.9 Å². The van der Waals surface area contributed by atoms with Crippen LogP contribution in [0.15, 0.2) is 103 Å². The summed E-state index contributed by atoms with van der Waals surface area (Å²) in [7, 11) is 0. The smallest absolute Gasteiger partial charge is 0.335 e. The van der Waals surface area contributed by atoms with Crippen LogP contribution in [-0.4, -0.2) is 22.0 Å². The lowest BCUT2D eigenvalue weighted by Crippen LogP contribution is -2.19. The van der Waals surface area contributed by atoms with E-state index in [9.17, 15) is 19.8 Å². The third-order valence-corrected chi connectivity index (χ3v) is 7.03. The molecule has 36 heavy (non-hydrogen) atoms. The van der Waals surface area contributed by atoms with E-state index < -0.39 is 12.1 Å². The molecule has 2 atom stereocenters. The summed E-state index contributed by atoms with van der Waals surface area (Å²) >= 11 is 0. The van der Waals surface area contributed by atoms with E-state index in [4.69, 9.17) is 0 Å². The van der Waals surface area contributed by atoms with Gasteiger partial charge in [0.2, 0.25) is 0 Å². The summed E-state index contributed by atoms with van der Waals surface area (Å²) in [6.07, 6.45) is 1.45. The first-order chi connectivity index (χ1) is 17.5. The summed E-state index contributed by atoms with van der Waals surface area (Å²) in [6, 6.07) is 31.2. The number of aliphatic hydroxyl groups excluding tert-OH is 1. The van der Waals surface area contributed by atoms with E-state index >= 15 is 0 Å². The Kier molecular flexibility index (Phi) is 5.28. The van der Waals surface area contributed by atoms with Gasteiger partial charge < -0.3 is 15.1 Å². The fraction of sp³-hybridized carbons (Fsp3) is 0.0968. The minimum absolute atomic E-state index is 0.0287. The number of fused-ring (bicyclic) bond motifs is 2. The molecule has 2 unspecified atom stereocenters. The molecular weight excluding hydrogens is 450 g/mol. The zero-order valence-corrected chi connectivity index (χ0v) is 19.3. The number of hydrogen-bond acceptors (Lipinski definition) is 4. The lowest BCUT2D eigenvalue weighted by molar-refractivity contribution is 0.0696. The van der Waals surface area contributed by atoms with Crippen LogP contribution in [0.4, 0.5) is 11.4 Å². The van der Waals surface area contributed by atoms with E-state index in [1.165, 1.54) is 23.8 Å². The van der Waals surface area contributed by atoms with E-state index in [1.54, 1.807) is 6.08 Å². The zero-order chi connectivity index (χ0) is 24.8. The van der Waals surface area contributed by atoms with Gasteiger partial charge in [0.25, 0.3) is 0 Å². The number of benzene rings is 4. The number of ketones is 1. The molecule has 1 heterocycles. The van der Waals surface area contributed by atoms with Crippen LogP contribution in [0.25, 0.3) is 6.08 Å². The van der Waals surface area contributed by atoms with Crippen molar-refractivity contribution >= 4 is 29.2 Å². The molecule has 0 saturated heterocycles. The molecule has 1 aliphatic heterocycles. The topological polar surface area (TPSA) is 77.8 Å². The summed E-state index contributed by atoms with van der Waals surface area (Å²) in [5.41, 5.74) is 6.41. The van der Waals surface area contributed by atoms with Crippen LogP contribution in [0.5, 0.6) is 0 Å². The number of carbonyl (C=O) groups excluding carboxylic acids is 1. The van der Waals surface area contributed by atoms with Crippen LogP contribution >= 0.6 is 0 Å². The molecule has 0 spiro atoms. The van der Waals surface area contributed by atoms with E-state index in [-0.39, 0.29) is 28.5 Å². The van der Waals surface area contributed by atoms with Crippen molar-refractivity contribution < 1.29 is 19.8 Å². The number of aliphatic hydroxyl groups is 1. The highest BCUT2D eigenvalue weighted by Gasteiger charge is 2.35. The second-order valence-corrected chi connectivity index (χ2v) is 9.16. The number of nitrogens with zero attached hydrogens (tertiary/aromatic N) is 1. The van der Waals surface area contributed by atoms with Gasteiger partial charge in [-0.05, 0) is 71.1 Å². The first-order valence-corrected chi connectivity index (χ1v) is 11.8. The van der Waals surface area contributed by atoms with Crippen molar-refractivity contribution in [2.24, 2.45) is 0 Å². The Morgan fingerprint density at radius 3 is 2.33 bits per heavy atom. The molecule has 0 radical (unpaired) electrons. The van der Waals surface area contributed by atoms with Gasteiger partial charge >= 0.3 is 5.97 Å². The third-order valence-electron chi connectivity index (χ3n) is 7.03. The van der Waals surface area contributed by atoms with Crippen molar-refractivity contribution in [3.63, 3.8) is 0 Å². The SMILES string of the molecule is O=C(O)c1ccc2c(c1)C(=O)/C(=C\c1ccc3c(c1)CC(c1ccccc1)N3c1ccccc1)C2O. The molecule has 4 aromatic carbocycles. The van der Waals surface area contributed by atoms with Crippen LogP contribution < -0.4 is 4.90 Å². The van der Waals surface area contributed by atoms with E-state index in [2.05, 4.69) is 53.4 Å². The summed E-state index contributed by atoms with van der Waals surface area (Å²) in [6.45, 7) is 0. The molecule has 0 aromatic heterocycles. The maximum absolute atomic E-state index is 13.1. The monoisotopic (exact) mass is 473 g/mol. The molecule has 0 fully saturated rings. The normalized spacial score (nSPS) is 19.4. The largest absolute Gasteiger partial charge is 0.478 e. The van der Waals surface area contributed by atoms with Crippen LogP contribution in [-0.2, 0) is 6.42 Å². The van der Waals surface area contributed by atoms with Crippen molar-refractivity contribution in [2.75, 3.05) is 4.90 Å². The Balaban J connectivity index is 1.38. The summed E-state index contributed by atoms with van der Waals surface area (Å²) < 4.78 is 0. The molecule has 0 amide bonds. The summed E-state index contributed by atoms with van der Waals surface area (Å²) in [5, 5.41) is 20.1. The number of hydrogen-bond donors (Lipinski definition) is 2. The predicted octanol–water partition coefficient (Wildman–Crippen LogP) is 6.13. The number of aromatic carboxylic acids is 1. The van der Waals surface area contributed by atoms with Gasteiger partial charge in [0.05, 0.1) is 11.6 Å². The Hall–Kier alpha value is -4.48. The van der Waals surface area contributed by atoms with Crippen LogP contribution in [0, 0.1) is 0 Å². The van der Waals surface area contributed by atoms with Crippen LogP contribution in [0.1, 0.15) is 55.1 Å². The second-order valence-electron chi connectivity index (χ2n) is 9.16. The number of rotatable bonds is 4. The first kappa shape index (κ1) is 22.0. The highest BCUT2D eigenvalue weighted by molar-refractivity contribution is 6.17. The molecule has 176 valence electrons.